The molecule has 0 radical (unpaired) electrons. The molecule has 1 amide bonds. The van der Waals surface area contributed by atoms with Crippen LogP contribution in [0.5, 0.6) is 0 Å². The summed E-state index contributed by atoms with van der Waals surface area (Å²) in [5, 5.41) is 16.1. The Morgan fingerprint density at radius 1 is 1.32 bits per heavy atom. The maximum atomic E-state index is 12.2. The molecule has 102 valence electrons. The van der Waals surface area contributed by atoms with Crippen molar-refractivity contribution in [3.63, 3.8) is 0 Å². The van der Waals surface area contributed by atoms with E-state index in [9.17, 15) is 14.7 Å². The van der Waals surface area contributed by atoms with Crippen LogP contribution in [0.25, 0.3) is 0 Å². The number of aliphatic carboxylic acids is 1. The number of carbonyl (C=O) groups is 2. The van der Waals surface area contributed by atoms with Crippen molar-refractivity contribution in [2.45, 2.75) is 25.8 Å². The van der Waals surface area contributed by atoms with Gasteiger partial charge < -0.3 is 15.2 Å². The van der Waals surface area contributed by atoms with E-state index in [1.165, 1.54) is 0 Å². The fourth-order valence-electron chi connectivity index (χ4n) is 3.71. The zero-order valence-electron chi connectivity index (χ0n) is 10.5. The molecule has 1 heterocycles. The van der Waals surface area contributed by atoms with Gasteiger partial charge in [-0.2, -0.15) is 0 Å². The molecule has 3 rings (SSSR count). The summed E-state index contributed by atoms with van der Waals surface area (Å²) in [7, 11) is 0. The molecule has 0 aliphatic heterocycles. The van der Waals surface area contributed by atoms with Gasteiger partial charge >= 0.3 is 0 Å². The van der Waals surface area contributed by atoms with E-state index in [4.69, 9.17) is 0 Å². The van der Waals surface area contributed by atoms with Crippen molar-refractivity contribution in [2.24, 2.45) is 23.7 Å². The normalized spacial score (nSPS) is 32.4. The number of fused-ring (bicyclic) bond motifs is 2. The van der Waals surface area contributed by atoms with Gasteiger partial charge in [0.25, 0.3) is 0 Å². The third-order valence-electron chi connectivity index (χ3n) is 4.51. The average Bonchev–Trinajstić information content (AvgIpc) is 3.10. The average molecular weight is 278 g/mol. The van der Waals surface area contributed by atoms with Gasteiger partial charge in [0.1, 0.15) is 0 Å². The van der Waals surface area contributed by atoms with Crippen molar-refractivity contribution in [1.82, 2.24) is 5.32 Å². The lowest BCUT2D eigenvalue weighted by atomic mass is 9.79. The summed E-state index contributed by atoms with van der Waals surface area (Å²) in [6.07, 6.45) is 2.78. The van der Waals surface area contributed by atoms with Gasteiger partial charge in [0.05, 0.1) is 6.54 Å². The van der Waals surface area contributed by atoms with E-state index < -0.39 is 11.9 Å². The Hall–Kier alpha value is -1.36. The zero-order chi connectivity index (χ0) is 13.4. The summed E-state index contributed by atoms with van der Waals surface area (Å²) >= 11 is 1.59. The van der Waals surface area contributed by atoms with Crippen LogP contribution in [0.3, 0.4) is 0 Å². The number of carboxylic acids is 1. The summed E-state index contributed by atoms with van der Waals surface area (Å²) in [5.41, 5.74) is 0. The first-order valence-electron chi connectivity index (χ1n) is 6.67. The highest BCUT2D eigenvalue weighted by Gasteiger charge is 2.51. The van der Waals surface area contributed by atoms with Crippen LogP contribution in [0.1, 0.15) is 24.1 Å². The summed E-state index contributed by atoms with van der Waals surface area (Å²) in [6, 6.07) is 3.90. The molecule has 2 aliphatic rings. The lowest BCUT2D eigenvalue weighted by Crippen LogP contribution is -2.45. The molecule has 2 bridgehead atoms. The first-order chi connectivity index (χ1) is 9.16. The minimum atomic E-state index is -1.05. The molecule has 0 spiro atoms. The topological polar surface area (TPSA) is 69.2 Å². The Balaban J connectivity index is 1.66. The van der Waals surface area contributed by atoms with Crippen LogP contribution < -0.4 is 10.4 Å². The highest BCUT2D eigenvalue weighted by Crippen LogP contribution is 2.52. The number of hydrogen-bond donors (Lipinski definition) is 1. The fourth-order valence-corrected chi connectivity index (χ4v) is 4.36. The molecule has 2 fully saturated rings. The predicted molar refractivity (Wildman–Crippen MR) is 69.0 cm³/mol. The lowest BCUT2D eigenvalue weighted by molar-refractivity contribution is -0.314. The molecule has 2 aliphatic carbocycles. The molecular weight excluding hydrogens is 262 g/mol. The Bertz CT molecular complexity index is 485. The fraction of sp³-hybridized carbons (Fsp3) is 0.571. The SMILES string of the molecule is O=C(NCc1cccs1)[C@@H]1[C@@H]2CC[C@@H](C2)[C@@H]1C(=O)[O-]. The molecule has 0 aromatic carbocycles. The second-order valence-corrected chi connectivity index (χ2v) is 6.53. The monoisotopic (exact) mass is 278 g/mol. The second kappa shape index (κ2) is 4.96. The zero-order valence-corrected chi connectivity index (χ0v) is 11.3. The quantitative estimate of drug-likeness (QED) is 0.884. The Morgan fingerprint density at radius 2 is 2.05 bits per heavy atom. The number of carbonyl (C=O) groups excluding carboxylic acids is 2. The van der Waals surface area contributed by atoms with Gasteiger partial charge in [-0.3, -0.25) is 4.79 Å². The first kappa shape index (κ1) is 12.7. The van der Waals surface area contributed by atoms with Gasteiger partial charge in [-0.05, 0) is 42.5 Å². The number of thiophene rings is 1. The van der Waals surface area contributed by atoms with Crippen molar-refractivity contribution >= 4 is 23.2 Å². The van der Waals surface area contributed by atoms with Crippen molar-refractivity contribution in [3.05, 3.63) is 22.4 Å². The molecule has 5 heteroatoms. The Kier molecular flexibility index (Phi) is 3.31. The molecule has 1 aromatic heterocycles. The molecule has 1 aromatic rings. The second-order valence-electron chi connectivity index (χ2n) is 5.50. The minimum Gasteiger partial charge on any atom is -0.550 e. The first-order valence-corrected chi connectivity index (χ1v) is 7.55. The standard InChI is InChI=1S/C14H17NO3S/c16-13(15-7-10-2-1-5-19-10)11-8-3-4-9(6-8)12(11)14(17)18/h1-2,5,8-9,11-12H,3-4,6-7H2,(H,15,16)(H,17,18)/p-1/t8-,9+,11-,12+/m1/s1. The van der Waals surface area contributed by atoms with Crippen LogP contribution in [0.15, 0.2) is 17.5 Å². The van der Waals surface area contributed by atoms with Crippen LogP contribution >= 0.6 is 11.3 Å². The minimum absolute atomic E-state index is 0.116. The Morgan fingerprint density at radius 3 is 2.68 bits per heavy atom. The lowest BCUT2D eigenvalue weighted by Gasteiger charge is -2.30. The van der Waals surface area contributed by atoms with E-state index >= 15 is 0 Å². The van der Waals surface area contributed by atoms with Crippen LogP contribution in [-0.2, 0) is 16.1 Å². The number of rotatable bonds is 4. The number of amides is 1. The van der Waals surface area contributed by atoms with Crippen molar-refractivity contribution in [2.75, 3.05) is 0 Å². The third kappa shape index (κ3) is 2.27. The highest BCUT2D eigenvalue weighted by molar-refractivity contribution is 7.09. The van der Waals surface area contributed by atoms with Crippen molar-refractivity contribution < 1.29 is 14.7 Å². The molecule has 2 saturated carbocycles. The molecule has 19 heavy (non-hydrogen) atoms. The molecule has 0 saturated heterocycles. The van der Waals surface area contributed by atoms with Gasteiger partial charge in [-0.1, -0.05) is 6.07 Å². The van der Waals surface area contributed by atoms with Gasteiger partial charge in [-0.25, -0.2) is 0 Å². The van der Waals surface area contributed by atoms with Gasteiger partial charge in [0.15, 0.2) is 0 Å². The maximum absolute atomic E-state index is 12.2. The van der Waals surface area contributed by atoms with E-state index in [0.29, 0.717) is 6.54 Å². The van der Waals surface area contributed by atoms with E-state index in [-0.39, 0.29) is 23.7 Å². The van der Waals surface area contributed by atoms with E-state index in [2.05, 4.69) is 5.32 Å². The van der Waals surface area contributed by atoms with Gasteiger partial charge in [-0.15, -0.1) is 11.3 Å². The number of hydrogen-bond acceptors (Lipinski definition) is 4. The van der Waals surface area contributed by atoms with Crippen molar-refractivity contribution in [1.29, 1.82) is 0 Å². The summed E-state index contributed by atoms with van der Waals surface area (Å²) in [5.74, 6) is -1.76. The van der Waals surface area contributed by atoms with Crippen LogP contribution in [0, 0.1) is 23.7 Å². The molecule has 4 nitrogen and oxygen atoms in total. The molecular formula is C14H16NO3S-. The molecule has 1 N–H and O–H groups in total. The van der Waals surface area contributed by atoms with Crippen LogP contribution in [0.2, 0.25) is 0 Å². The summed E-state index contributed by atoms with van der Waals surface area (Å²) in [6.45, 7) is 0.490. The smallest absolute Gasteiger partial charge is 0.224 e. The van der Waals surface area contributed by atoms with Crippen LogP contribution in [-0.4, -0.2) is 11.9 Å². The van der Waals surface area contributed by atoms with Crippen molar-refractivity contribution in [3.8, 4) is 0 Å². The Labute approximate surface area is 115 Å². The molecule has 4 atom stereocenters. The number of carboxylic acid groups (broad SMARTS) is 1. The predicted octanol–water partition coefficient (Wildman–Crippen LogP) is 0.776. The van der Waals surface area contributed by atoms with E-state index in [1.807, 2.05) is 17.5 Å². The van der Waals surface area contributed by atoms with Gasteiger partial charge in [0.2, 0.25) is 5.91 Å². The maximum Gasteiger partial charge on any atom is 0.224 e. The molecule has 0 unspecified atom stereocenters. The van der Waals surface area contributed by atoms with E-state index in [1.54, 1.807) is 11.3 Å². The van der Waals surface area contributed by atoms with Crippen LogP contribution in [0.4, 0.5) is 0 Å². The number of nitrogens with one attached hydrogen (secondary N) is 1. The van der Waals surface area contributed by atoms with Gasteiger partial charge in [0, 0.05) is 22.7 Å². The highest BCUT2D eigenvalue weighted by atomic mass is 32.1. The van der Waals surface area contributed by atoms with E-state index in [0.717, 1.165) is 24.1 Å². The largest absolute Gasteiger partial charge is 0.550 e. The summed E-state index contributed by atoms with van der Waals surface area (Å²) < 4.78 is 0. The third-order valence-corrected chi connectivity index (χ3v) is 5.38. The summed E-state index contributed by atoms with van der Waals surface area (Å²) in [4.78, 5) is 24.6.